The zero-order valence-corrected chi connectivity index (χ0v) is 8.57. The Kier molecular flexibility index (Phi) is 3.13. The summed E-state index contributed by atoms with van der Waals surface area (Å²) >= 11 is 0. The molecular weight excluding hydrogens is 178 g/mol. The van der Waals surface area contributed by atoms with Gasteiger partial charge in [0.15, 0.2) is 0 Å². The molecule has 2 atom stereocenters. The molecule has 0 bridgehead atoms. The molecule has 0 heterocycles. The van der Waals surface area contributed by atoms with E-state index in [0.29, 0.717) is 6.54 Å². The van der Waals surface area contributed by atoms with Gasteiger partial charge in [0, 0.05) is 5.92 Å². The van der Waals surface area contributed by atoms with Gasteiger partial charge in [-0.1, -0.05) is 19.1 Å². The second-order valence-corrected chi connectivity index (χ2v) is 3.83. The van der Waals surface area contributed by atoms with Crippen molar-refractivity contribution in [3.05, 3.63) is 29.8 Å². The molecule has 3 heteroatoms. The number of hydrogen-bond donors (Lipinski definition) is 3. The average Bonchev–Trinajstić information content (AvgIpc) is 2.17. The molecule has 0 spiro atoms. The Labute approximate surface area is 84.2 Å². The van der Waals surface area contributed by atoms with E-state index in [1.54, 1.807) is 31.2 Å². The van der Waals surface area contributed by atoms with E-state index in [9.17, 15) is 5.11 Å². The molecule has 14 heavy (non-hydrogen) atoms. The molecule has 4 N–H and O–H groups in total. The van der Waals surface area contributed by atoms with Crippen LogP contribution < -0.4 is 5.73 Å². The highest BCUT2D eigenvalue weighted by atomic mass is 16.3. The number of aliphatic hydroxyl groups is 1. The number of benzene rings is 1. The Morgan fingerprint density at radius 3 is 2.29 bits per heavy atom. The second kappa shape index (κ2) is 3.98. The third-order valence-electron chi connectivity index (χ3n) is 2.76. The van der Waals surface area contributed by atoms with Crippen LogP contribution in [0.3, 0.4) is 0 Å². The Balaban J connectivity index is 2.97. The fraction of sp³-hybridized carbons (Fsp3) is 0.455. The van der Waals surface area contributed by atoms with Crippen LogP contribution in [0.4, 0.5) is 0 Å². The van der Waals surface area contributed by atoms with Gasteiger partial charge in [0.1, 0.15) is 5.75 Å². The van der Waals surface area contributed by atoms with E-state index >= 15 is 0 Å². The van der Waals surface area contributed by atoms with E-state index in [0.717, 1.165) is 5.56 Å². The molecule has 1 aromatic rings. The highest BCUT2D eigenvalue weighted by Gasteiger charge is 2.29. The molecule has 0 radical (unpaired) electrons. The largest absolute Gasteiger partial charge is 0.508 e. The minimum absolute atomic E-state index is 0.0213. The molecule has 0 fully saturated rings. The van der Waals surface area contributed by atoms with Crippen molar-refractivity contribution in [2.24, 2.45) is 11.7 Å². The number of hydrogen-bond acceptors (Lipinski definition) is 3. The molecule has 3 nitrogen and oxygen atoms in total. The molecule has 0 aliphatic carbocycles. The lowest BCUT2D eigenvalue weighted by atomic mass is 9.84. The van der Waals surface area contributed by atoms with Gasteiger partial charge in [0.2, 0.25) is 0 Å². The molecule has 0 saturated heterocycles. The summed E-state index contributed by atoms with van der Waals surface area (Å²) in [6.45, 7) is 4.05. The first-order valence-corrected chi connectivity index (χ1v) is 4.70. The maximum atomic E-state index is 10.2. The Bertz CT molecular complexity index is 293. The molecule has 78 valence electrons. The number of phenols is 1. The number of nitrogens with two attached hydrogens (primary N) is 1. The van der Waals surface area contributed by atoms with Gasteiger partial charge in [-0.2, -0.15) is 0 Å². The van der Waals surface area contributed by atoms with Gasteiger partial charge in [-0.05, 0) is 31.2 Å². The minimum atomic E-state index is -0.942. The highest BCUT2D eigenvalue weighted by molar-refractivity contribution is 5.29. The molecule has 1 rings (SSSR count). The van der Waals surface area contributed by atoms with Crippen molar-refractivity contribution < 1.29 is 10.2 Å². The van der Waals surface area contributed by atoms with Crippen LogP contribution in [-0.4, -0.2) is 16.8 Å². The zero-order valence-electron chi connectivity index (χ0n) is 8.57. The summed E-state index contributed by atoms with van der Waals surface area (Å²) in [5, 5.41) is 19.3. The quantitative estimate of drug-likeness (QED) is 0.678. The van der Waals surface area contributed by atoms with Gasteiger partial charge < -0.3 is 15.9 Å². The first kappa shape index (κ1) is 11.0. The summed E-state index contributed by atoms with van der Waals surface area (Å²) < 4.78 is 0. The lowest BCUT2D eigenvalue weighted by Gasteiger charge is -2.29. The van der Waals surface area contributed by atoms with Crippen LogP contribution in [0.5, 0.6) is 5.75 Å². The molecule has 1 aromatic carbocycles. The van der Waals surface area contributed by atoms with Crippen molar-refractivity contribution in [1.82, 2.24) is 0 Å². The standard InChI is InChI=1S/C11H17NO2/c1-8(7-12)11(2,14)9-3-5-10(13)6-4-9/h3-6,8,13-14H,7,12H2,1-2H3. The third kappa shape index (κ3) is 2.05. The normalized spacial score (nSPS) is 17.4. The van der Waals surface area contributed by atoms with Crippen LogP contribution in [0.1, 0.15) is 19.4 Å². The fourth-order valence-corrected chi connectivity index (χ4v) is 1.31. The van der Waals surface area contributed by atoms with Crippen molar-refractivity contribution in [3.63, 3.8) is 0 Å². The van der Waals surface area contributed by atoms with Crippen LogP contribution in [-0.2, 0) is 5.60 Å². The molecule has 0 aromatic heterocycles. The van der Waals surface area contributed by atoms with E-state index in [4.69, 9.17) is 10.8 Å². The molecule has 0 amide bonds. The third-order valence-corrected chi connectivity index (χ3v) is 2.76. The van der Waals surface area contributed by atoms with Gasteiger partial charge in [-0.3, -0.25) is 0 Å². The zero-order chi connectivity index (χ0) is 10.8. The number of aromatic hydroxyl groups is 1. The molecular formula is C11H17NO2. The lowest BCUT2D eigenvalue weighted by Crippen LogP contribution is -2.34. The summed E-state index contributed by atoms with van der Waals surface area (Å²) in [4.78, 5) is 0. The minimum Gasteiger partial charge on any atom is -0.508 e. The molecule has 0 aliphatic heterocycles. The predicted molar refractivity (Wildman–Crippen MR) is 55.9 cm³/mol. The van der Waals surface area contributed by atoms with Crippen molar-refractivity contribution in [2.45, 2.75) is 19.4 Å². The van der Waals surface area contributed by atoms with E-state index in [1.165, 1.54) is 0 Å². The van der Waals surface area contributed by atoms with Crippen molar-refractivity contribution in [3.8, 4) is 5.75 Å². The van der Waals surface area contributed by atoms with Gasteiger partial charge >= 0.3 is 0 Å². The lowest BCUT2D eigenvalue weighted by molar-refractivity contribution is 0.00517. The first-order valence-electron chi connectivity index (χ1n) is 4.70. The second-order valence-electron chi connectivity index (χ2n) is 3.83. The fourth-order valence-electron chi connectivity index (χ4n) is 1.31. The van der Waals surface area contributed by atoms with Crippen LogP contribution in [0, 0.1) is 5.92 Å². The van der Waals surface area contributed by atoms with Gasteiger partial charge in [0.05, 0.1) is 5.60 Å². The summed E-state index contributed by atoms with van der Waals surface area (Å²) in [5.74, 6) is 0.178. The SMILES string of the molecule is CC(CN)C(C)(O)c1ccc(O)cc1. The Morgan fingerprint density at radius 2 is 1.86 bits per heavy atom. The van der Waals surface area contributed by atoms with Gasteiger partial charge in [-0.25, -0.2) is 0 Å². The topological polar surface area (TPSA) is 66.5 Å². The van der Waals surface area contributed by atoms with Gasteiger partial charge in [0.25, 0.3) is 0 Å². The smallest absolute Gasteiger partial charge is 0.115 e. The van der Waals surface area contributed by atoms with Crippen molar-refractivity contribution in [2.75, 3.05) is 6.54 Å². The molecule has 2 unspecified atom stereocenters. The Morgan fingerprint density at radius 1 is 1.36 bits per heavy atom. The van der Waals surface area contributed by atoms with E-state index in [-0.39, 0.29) is 11.7 Å². The van der Waals surface area contributed by atoms with Crippen LogP contribution in [0.2, 0.25) is 0 Å². The molecule has 0 aliphatic rings. The summed E-state index contributed by atoms with van der Waals surface area (Å²) in [6.07, 6.45) is 0. The summed E-state index contributed by atoms with van der Waals surface area (Å²) in [7, 11) is 0. The number of rotatable bonds is 3. The van der Waals surface area contributed by atoms with E-state index in [2.05, 4.69) is 0 Å². The Hall–Kier alpha value is -1.06. The van der Waals surface area contributed by atoms with Crippen LogP contribution >= 0.6 is 0 Å². The van der Waals surface area contributed by atoms with Crippen LogP contribution in [0.15, 0.2) is 24.3 Å². The summed E-state index contributed by atoms with van der Waals surface area (Å²) in [6, 6.07) is 6.54. The summed E-state index contributed by atoms with van der Waals surface area (Å²) in [5.41, 5.74) is 5.35. The first-order chi connectivity index (χ1) is 6.48. The predicted octanol–water partition coefficient (Wildman–Crippen LogP) is 1.19. The maximum absolute atomic E-state index is 10.2. The van der Waals surface area contributed by atoms with Crippen LogP contribution in [0.25, 0.3) is 0 Å². The van der Waals surface area contributed by atoms with Crippen molar-refractivity contribution >= 4 is 0 Å². The average molecular weight is 195 g/mol. The monoisotopic (exact) mass is 195 g/mol. The molecule has 0 saturated carbocycles. The van der Waals surface area contributed by atoms with E-state index < -0.39 is 5.60 Å². The highest BCUT2D eigenvalue weighted by Crippen LogP contribution is 2.29. The maximum Gasteiger partial charge on any atom is 0.115 e. The van der Waals surface area contributed by atoms with Crippen molar-refractivity contribution in [1.29, 1.82) is 0 Å². The van der Waals surface area contributed by atoms with E-state index in [1.807, 2.05) is 6.92 Å². The number of phenolic OH excluding ortho intramolecular Hbond substituents is 1. The van der Waals surface area contributed by atoms with Gasteiger partial charge in [-0.15, -0.1) is 0 Å².